The summed E-state index contributed by atoms with van der Waals surface area (Å²) in [6.07, 6.45) is 1.38. The van der Waals surface area contributed by atoms with E-state index < -0.39 is 32.1 Å². The molecule has 34 heavy (non-hydrogen) atoms. The first-order valence-corrected chi connectivity index (χ1v) is 12.3. The van der Waals surface area contributed by atoms with Gasteiger partial charge in [-0.1, -0.05) is 12.7 Å². The molecule has 3 aromatic rings. The van der Waals surface area contributed by atoms with Crippen molar-refractivity contribution in [2.24, 2.45) is 0 Å². The Bertz CT molecular complexity index is 1480. The lowest BCUT2D eigenvalue weighted by atomic mass is 10.0. The largest absolute Gasteiger partial charge is 0.322 e. The van der Waals surface area contributed by atoms with Gasteiger partial charge in [0, 0.05) is 22.5 Å². The van der Waals surface area contributed by atoms with Crippen LogP contribution in [0.4, 0.5) is 11.4 Å². The summed E-state index contributed by atoms with van der Waals surface area (Å²) in [4.78, 5) is 24.6. The number of hydrogen-bond acceptors (Lipinski definition) is 6. The number of carbonyl (C=O) groups excluding carboxylic acids is 2. The number of nitrogens with one attached hydrogen (secondary N) is 2. The van der Waals surface area contributed by atoms with E-state index in [2.05, 4.69) is 17.2 Å². The van der Waals surface area contributed by atoms with E-state index in [9.17, 15) is 26.4 Å². The molecule has 0 radical (unpaired) electrons. The normalized spacial score (nSPS) is 11.5. The van der Waals surface area contributed by atoms with E-state index in [4.69, 9.17) is 9.11 Å². The predicted octanol–water partition coefficient (Wildman–Crippen LogP) is 3.33. The molecule has 0 aliphatic rings. The summed E-state index contributed by atoms with van der Waals surface area (Å²) < 4.78 is 62.5. The Labute approximate surface area is 195 Å². The Kier molecular flexibility index (Phi) is 6.98. The van der Waals surface area contributed by atoms with Crippen LogP contribution in [0.2, 0.25) is 0 Å². The highest BCUT2D eigenvalue weighted by molar-refractivity contribution is 7.86. The number of benzene rings is 3. The average molecular weight is 503 g/mol. The Morgan fingerprint density at radius 1 is 0.706 bits per heavy atom. The summed E-state index contributed by atoms with van der Waals surface area (Å²) in [5, 5.41) is 5.16. The Balaban J connectivity index is 1.76. The molecule has 10 nitrogen and oxygen atoms in total. The number of anilines is 2. The highest BCUT2D eigenvalue weighted by Gasteiger charge is 2.15. The lowest BCUT2D eigenvalue weighted by Gasteiger charge is -2.11. The molecule has 0 bridgehead atoms. The molecule has 0 aromatic heterocycles. The van der Waals surface area contributed by atoms with E-state index in [-0.39, 0.29) is 32.3 Å². The highest BCUT2D eigenvalue weighted by atomic mass is 32.2. The van der Waals surface area contributed by atoms with E-state index in [1.165, 1.54) is 48.5 Å². The van der Waals surface area contributed by atoms with Gasteiger partial charge >= 0.3 is 0 Å². The van der Waals surface area contributed by atoms with Crippen LogP contribution in [0, 0.1) is 0 Å². The molecule has 0 heterocycles. The molecule has 0 aliphatic carbocycles. The zero-order chi connectivity index (χ0) is 25.1. The van der Waals surface area contributed by atoms with Crippen LogP contribution in [-0.2, 0) is 20.2 Å². The van der Waals surface area contributed by atoms with Crippen molar-refractivity contribution in [3.8, 4) is 0 Å². The smallest absolute Gasteiger partial charge is 0.294 e. The number of hydrogen-bond donors (Lipinski definition) is 4. The lowest BCUT2D eigenvalue weighted by molar-refractivity contribution is 0.101. The third-order valence-corrected chi connectivity index (χ3v) is 6.33. The maximum absolute atomic E-state index is 12.7. The minimum Gasteiger partial charge on any atom is -0.322 e. The summed E-state index contributed by atoms with van der Waals surface area (Å²) in [5.74, 6) is -1.07. The monoisotopic (exact) mass is 502 g/mol. The molecular formula is C22H18N2O8S2. The fourth-order valence-corrected chi connectivity index (χ4v) is 3.86. The average Bonchev–Trinajstić information content (AvgIpc) is 2.78. The molecule has 176 valence electrons. The first kappa shape index (κ1) is 24.8. The molecule has 4 N–H and O–H groups in total. The highest BCUT2D eigenvalue weighted by Crippen LogP contribution is 2.20. The van der Waals surface area contributed by atoms with Crippen molar-refractivity contribution in [2.45, 2.75) is 9.79 Å². The van der Waals surface area contributed by atoms with Gasteiger partial charge in [-0.05, 0) is 72.3 Å². The predicted molar refractivity (Wildman–Crippen MR) is 125 cm³/mol. The van der Waals surface area contributed by atoms with Crippen LogP contribution >= 0.6 is 0 Å². The van der Waals surface area contributed by atoms with Crippen molar-refractivity contribution in [1.82, 2.24) is 0 Å². The summed E-state index contributed by atoms with van der Waals surface area (Å²) in [6.45, 7) is 3.65. The molecule has 0 spiro atoms. The zero-order valence-electron chi connectivity index (χ0n) is 17.3. The van der Waals surface area contributed by atoms with E-state index >= 15 is 0 Å². The van der Waals surface area contributed by atoms with E-state index in [0.29, 0.717) is 5.56 Å². The van der Waals surface area contributed by atoms with Crippen LogP contribution in [0.3, 0.4) is 0 Å². The lowest BCUT2D eigenvalue weighted by Crippen LogP contribution is -2.16. The Morgan fingerprint density at radius 2 is 1.15 bits per heavy atom. The second kappa shape index (κ2) is 9.57. The summed E-state index contributed by atoms with van der Waals surface area (Å²) >= 11 is 0. The van der Waals surface area contributed by atoms with Crippen LogP contribution in [0.25, 0.3) is 6.08 Å². The van der Waals surface area contributed by atoms with Crippen LogP contribution in [0.1, 0.15) is 26.3 Å². The second-order valence-corrected chi connectivity index (χ2v) is 9.76. The van der Waals surface area contributed by atoms with Gasteiger partial charge in [-0.3, -0.25) is 18.7 Å². The molecule has 3 aromatic carbocycles. The molecule has 0 saturated heterocycles. The summed E-state index contributed by atoms with van der Waals surface area (Å²) in [5.41, 5.74) is 1.31. The molecule has 3 rings (SSSR count). The van der Waals surface area contributed by atoms with Crippen LogP contribution in [0.15, 0.2) is 83.1 Å². The van der Waals surface area contributed by atoms with Crippen molar-refractivity contribution in [2.75, 3.05) is 10.6 Å². The molecule has 0 saturated carbocycles. The van der Waals surface area contributed by atoms with Gasteiger partial charge in [0.25, 0.3) is 32.1 Å². The third-order valence-electron chi connectivity index (χ3n) is 4.60. The van der Waals surface area contributed by atoms with Gasteiger partial charge in [-0.25, -0.2) is 0 Å². The Hall–Kier alpha value is -3.84. The van der Waals surface area contributed by atoms with Gasteiger partial charge in [0.2, 0.25) is 0 Å². The van der Waals surface area contributed by atoms with Gasteiger partial charge in [0.15, 0.2) is 0 Å². The van der Waals surface area contributed by atoms with Gasteiger partial charge in [0.1, 0.15) is 0 Å². The molecule has 0 aliphatic heterocycles. The van der Waals surface area contributed by atoms with Crippen molar-refractivity contribution in [1.29, 1.82) is 0 Å². The fourth-order valence-electron chi connectivity index (χ4n) is 2.90. The summed E-state index contributed by atoms with van der Waals surface area (Å²) in [6, 6.07) is 14.0. The van der Waals surface area contributed by atoms with E-state index in [1.54, 1.807) is 0 Å². The SMILES string of the molecule is C=Cc1cc(C(=O)Nc2ccc(S(=O)(=O)O)cc2)ccc1C(=O)Nc1ccc(S(=O)(=O)O)cc1. The molecule has 12 heteroatoms. The van der Waals surface area contributed by atoms with Crippen molar-refractivity contribution >= 4 is 49.5 Å². The van der Waals surface area contributed by atoms with Gasteiger partial charge in [-0.2, -0.15) is 16.8 Å². The zero-order valence-corrected chi connectivity index (χ0v) is 18.9. The van der Waals surface area contributed by atoms with E-state index in [0.717, 1.165) is 24.3 Å². The Morgan fingerprint density at radius 3 is 1.56 bits per heavy atom. The minimum absolute atomic E-state index is 0.197. The number of rotatable bonds is 7. The molecule has 0 unspecified atom stereocenters. The van der Waals surface area contributed by atoms with Crippen LogP contribution < -0.4 is 10.6 Å². The molecule has 0 atom stereocenters. The van der Waals surface area contributed by atoms with E-state index in [1.807, 2.05) is 0 Å². The molecular weight excluding hydrogens is 484 g/mol. The maximum atomic E-state index is 12.7. The van der Waals surface area contributed by atoms with Gasteiger partial charge < -0.3 is 10.6 Å². The quantitative estimate of drug-likeness (QED) is 0.357. The van der Waals surface area contributed by atoms with Gasteiger partial charge in [0.05, 0.1) is 9.79 Å². The number of amides is 2. The number of carbonyl (C=O) groups is 2. The van der Waals surface area contributed by atoms with Crippen LogP contribution in [-0.4, -0.2) is 37.8 Å². The standard InChI is InChI=1S/C22H18N2O8S2/c1-2-14-13-15(21(25)23-16-4-8-18(9-5-16)33(27,28)29)3-12-20(14)22(26)24-17-6-10-19(11-7-17)34(30,31)32/h2-13H,1H2,(H,23,25)(H,24,26)(H,27,28,29)(H,30,31,32). The van der Waals surface area contributed by atoms with Crippen molar-refractivity contribution in [3.05, 3.63) is 90.0 Å². The fraction of sp³-hybridized carbons (Fsp3) is 0. The maximum Gasteiger partial charge on any atom is 0.294 e. The van der Waals surface area contributed by atoms with Gasteiger partial charge in [-0.15, -0.1) is 0 Å². The topological polar surface area (TPSA) is 167 Å². The second-order valence-electron chi connectivity index (χ2n) is 6.91. The van der Waals surface area contributed by atoms with Crippen molar-refractivity contribution < 1.29 is 35.5 Å². The first-order valence-electron chi connectivity index (χ1n) is 9.43. The summed E-state index contributed by atoms with van der Waals surface area (Å²) in [7, 11) is -8.71. The molecule has 0 fully saturated rings. The first-order chi connectivity index (χ1) is 15.9. The van der Waals surface area contributed by atoms with Crippen LogP contribution in [0.5, 0.6) is 0 Å². The van der Waals surface area contributed by atoms with Crippen molar-refractivity contribution in [3.63, 3.8) is 0 Å². The third kappa shape index (κ3) is 5.94. The molecule has 2 amide bonds. The minimum atomic E-state index is -4.36.